The van der Waals surface area contributed by atoms with Crippen molar-refractivity contribution in [3.05, 3.63) is 36.0 Å². The van der Waals surface area contributed by atoms with Gasteiger partial charge in [-0.1, -0.05) is 12.2 Å². The van der Waals surface area contributed by atoms with Crippen molar-refractivity contribution < 1.29 is 4.74 Å². The third kappa shape index (κ3) is 5.83. The van der Waals surface area contributed by atoms with Crippen LogP contribution in [0, 0.1) is 5.92 Å². The van der Waals surface area contributed by atoms with Crippen LogP contribution in [0.1, 0.15) is 31.7 Å². The zero-order valence-electron chi connectivity index (χ0n) is 16.7. The number of rotatable bonds is 7. The Hall–Kier alpha value is -1.35. The van der Waals surface area contributed by atoms with Crippen LogP contribution in [0.3, 0.4) is 0 Å². The van der Waals surface area contributed by atoms with E-state index in [-0.39, 0.29) is 24.0 Å². The Labute approximate surface area is 185 Å². The van der Waals surface area contributed by atoms with Crippen LogP contribution in [0.25, 0.3) is 0 Å². The van der Waals surface area contributed by atoms with Crippen LogP contribution < -0.4 is 10.1 Å². The lowest BCUT2D eigenvalue weighted by molar-refractivity contribution is 0.259. The number of pyridine rings is 1. The summed E-state index contributed by atoms with van der Waals surface area (Å²) in [5.41, 5.74) is 1.14. The van der Waals surface area contributed by atoms with Crippen LogP contribution in [-0.2, 0) is 6.54 Å². The van der Waals surface area contributed by atoms with Crippen molar-refractivity contribution in [2.24, 2.45) is 10.9 Å². The van der Waals surface area contributed by atoms with Crippen LogP contribution >= 0.6 is 24.0 Å². The predicted octanol–water partition coefficient (Wildman–Crippen LogP) is 2.90. The Morgan fingerprint density at radius 3 is 2.86 bits per heavy atom. The number of aliphatic imine (C=N–C) groups is 1. The molecule has 28 heavy (non-hydrogen) atoms. The lowest BCUT2D eigenvalue weighted by atomic mass is 10.2. The summed E-state index contributed by atoms with van der Waals surface area (Å²) in [7, 11) is 0. The number of aromatic nitrogens is 1. The molecule has 0 aromatic carbocycles. The first-order valence-electron chi connectivity index (χ1n) is 10.3. The topological polar surface area (TPSA) is 53.0 Å². The van der Waals surface area contributed by atoms with Gasteiger partial charge in [0.1, 0.15) is 0 Å². The van der Waals surface area contributed by atoms with Crippen molar-refractivity contribution in [1.29, 1.82) is 0 Å². The number of nitrogens with one attached hydrogen (secondary N) is 1. The first-order valence-corrected chi connectivity index (χ1v) is 10.3. The molecule has 1 aromatic heterocycles. The van der Waals surface area contributed by atoms with Gasteiger partial charge in [0.2, 0.25) is 5.88 Å². The maximum atomic E-state index is 5.80. The fraction of sp³-hybridized carbons (Fsp3) is 0.619. The molecule has 1 atom stereocenters. The molecule has 2 fully saturated rings. The molecule has 2 aliphatic heterocycles. The molecule has 1 saturated carbocycles. The smallest absolute Gasteiger partial charge is 0.213 e. The van der Waals surface area contributed by atoms with Gasteiger partial charge in [0.05, 0.1) is 13.2 Å². The van der Waals surface area contributed by atoms with Gasteiger partial charge in [-0.25, -0.2) is 9.98 Å². The van der Waals surface area contributed by atoms with E-state index in [1.165, 1.54) is 19.3 Å². The van der Waals surface area contributed by atoms with Gasteiger partial charge in [-0.05, 0) is 43.7 Å². The summed E-state index contributed by atoms with van der Waals surface area (Å²) >= 11 is 0. The van der Waals surface area contributed by atoms with Gasteiger partial charge in [-0.15, -0.1) is 24.0 Å². The number of nitrogens with zero attached hydrogens (tertiary/aromatic N) is 4. The summed E-state index contributed by atoms with van der Waals surface area (Å²) in [6, 6.07) is 4.69. The van der Waals surface area contributed by atoms with Crippen molar-refractivity contribution in [2.75, 3.05) is 39.3 Å². The molecule has 7 heteroatoms. The fourth-order valence-electron chi connectivity index (χ4n) is 3.73. The van der Waals surface area contributed by atoms with E-state index in [0.29, 0.717) is 12.6 Å². The first kappa shape index (κ1) is 21.4. The second-order valence-electron chi connectivity index (χ2n) is 7.74. The van der Waals surface area contributed by atoms with Gasteiger partial charge in [0.15, 0.2) is 5.96 Å². The first-order chi connectivity index (χ1) is 13.3. The minimum Gasteiger partial charge on any atom is -0.477 e. The Morgan fingerprint density at radius 2 is 2.11 bits per heavy atom. The average Bonchev–Trinajstić information content (AvgIpc) is 3.15. The van der Waals surface area contributed by atoms with Gasteiger partial charge >= 0.3 is 0 Å². The molecule has 3 aliphatic rings. The van der Waals surface area contributed by atoms with Crippen molar-refractivity contribution >= 4 is 29.9 Å². The summed E-state index contributed by atoms with van der Waals surface area (Å²) in [6.45, 7) is 8.76. The van der Waals surface area contributed by atoms with Gasteiger partial charge in [-0.3, -0.25) is 4.90 Å². The van der Waals surface area contributed by atoms with Crippen LogP contribution in [0.15, 0.2) is 35.5 Å². The molecule has 1 N–H and O–H groups in total. The summed E-state index contributed by atoms with van der Waals surface area (Å²) in [4.78, 5) is 14.2. The molecule has 1 aliphatic carbocycles. The van der Waals surface area contributed by atoms with Crippen LogP contribution in [-0.4, -0.2) is 66.1 Å². The number of guanidine groups is 1. The monoisotopic (exact) mass is 497 g/mol. The van der Waals surface area contributed by atoms with E-state index in [9.17, 15) is 0 Å². The molecule has 0 amide bonds. The number of halogens is 1. The zero-order valence-corrected chi connectivity index (χ0v) is 19.0. The predicted molar refractivity (Wildman–Crippen MR) is 123 cm³/mol. The molecule has 4 rings (SSSR count). The Morgan fingerprint density at radius 1 is 1.29 bits per heavy atom. The fourth-order valence-corrected chi connectivity index (χ4v) is 3.73. The van der Waals surface area contributed by atoms with Crippen LogP contribution in [0.5, 0.6) is 5.88 Å². The van der Waals surface area contributed by atoms with Gasteiger partial charge in [0, 0.05) is 51.0 Å². The molecule has 154 valence electrons. The summed E-state index contributed by atoms with van der Waals surface area (Å²) in [6.07, 6.45) is 10.2. The lowest BCUT2D eigenvalue weighted by Crippen LogP contribution is -2.42. The SMILES string of the molecule is CCNC(=NCc1ccnc(OCC2CC2)c1)N1CCC(N2CC=CC2)C1.I. The number of hydrogen-bond donors (Lipinski definition) is 1. The summed E-state index contributed by atoms with van der Waals surface area (Å²) in [5, 5.41) is 3.46. The van der Waals surface area contributed by atoms with Gasteiger partial charge in [-0.2, -0.15) is 0 Å². The van der Waals surface area contributed by atoms with E-state index >= 15 is 0 Å². The van der Waals surface area contributed by atoms with E-state index in [1.807, 2.05) is 18.3 Å². The molecular weight excluding hydrogens is 465 g/mol. The van der Waals surface area contributed by atoms with Crippen molar-refractivity contribution in [3.63, 3.8) is 0 Å². The van der Waals surface area contributed by atoms with Crippen molar-refractivity contribution in [3.8, 4) is 5.88 Å². The highest BCUT2D eigenvalue weighted by Gasteiger charge is 2.29. The van der Waals surface area contributed by atoms with E-state index in [4.69, 9.17) is 9.73 Å². The molecule has 1 saturated heterocycles. The maximum Gasteiger partial charge on any atom is 0.213 e. The Balaban J connectivity index is 0.00000225. The average molecular weight is 497 g/mol. The molecule has 0 spiro atoms. The largest absolute Gasteiger partial charge is 0.477 e. The molecule has 3 heterocycles. The van der Waals surface area contributed by atoms with Crippen LogP contribution in [0.2, 0.25) is 0 Å². The minimum absolute atomic E-state index is 0. The third-order valence-corrected chi connectivity index (χ3v) is 5.54. The highest BCUT2D eigenvalue weighted by atomic mass is 127. The molecule has 1 aromatic rings. The standard InChI is InChI=1S/C21H31N5O.HI/c1-2-22-21(26-12-8-19(15-26)25-10-3-4-11-25)24-14-18-7-9-23-20(13-18)27-16-17-5-6-17;/h3-4,7,9,13,17,19H,2,5-6,8,10-12,14-16H2,1H3,(H,22,24);1H. The number of ether oxygens (including phenoxy) is 1. The van der Waals surface area contributed by atoms with Crippen molar-refractivity contribution in [2.45, 2.75) is 38.8 Å². The van der Waals surface area contributed by atoms with Gasteiger partial charge < -0.3 is 15.0 Å². The molecular formula is C21H32IN5O. The van der Waals surface area contributed by atoms with Crippen LogP contribution in [0.4, 0.5) is 0 Å². The third-order valence-electron chi connectivity index (χ3n) is 5.54. The maximum absolute atomic E-state index is 5.80. The molecule has 6 nitrogen and oxygen atoms in total. The zero-order chi connectivity index (χ0) is 18.5. The lowest BCUT2D eigenvalue weighted by Gasteiger charge is -2.25. The van der Waals surface area contributed by atoms with Gasteiger partial charge in [0.25, 0.3) is 0 Å². The summed E-state index contributed by atoms with van der Waals surface area (Å²) in [5.74, 6) is 2.48. The number of hydrogen-bond acceptors (Lipinski definition) is 4. The normalized spacial score (nSPS) is 22.4. The Bertz CT molecular complexity index is 683. The molecule has 0 bridgehead atoms. The van der Waals surface area contributed by atoms with E-state index in [1.54, 1.807) is 0 Å². The van der Waals surface area contributed by atoms with Crippen molar-refractivity contribution in [1.82, 2.24) is 20.1 Å². The summed E-state index contributed by atoms with van der Waals surface area (Å²) < 4.78 is 5.80. The van der Waals surface area contributed by atoms with E-state index < -0.39 is 0 Å². The van der Waals surface area contributed by atoms with E-state index in [0.717, 1.165) is 62.7 Å². The Kier molecular flexibility index (Phi) is 7.96. The second-order valence-corrected chi connectivity index (χ2v) is 7.74. The highest BCUT2D eigenvalue weighted by Crippen LogP contribution is 2.29. The van der Waals surface area contributed by atoms with E-state index in [2.05, 4.69) is 39.2 Å². The highest BCUT2D eigenvalue weighted by molar-refractivity contribution is 14.0. The molecule has 0 radical (unpaired) electrons. The second kappa shape index (κ2) is 10.4. The number of likely N-dealkylation sites (tertiary alicyclic amines) is 1. The molecule has 1 unspecified atom stereocenters. The minimum atomic E-state index is 0. The quantitative estimate of drug-likeness (QED) is 0.272.